The van der Waals surface area contributed by atoms with Gasteiger partial charge in [0.05, 0.1) is 4.90 Å². The number of nitrogens with zero attached hydrogens (tertiary/aromatic N) is 1. The van der Waals surface area contributed by atoms with E-state index in [1.807, 2.05) is 32.9 Å². The van der Waals surface area contributed by atoms with Crippen molar-refractivity contribution in [2.75, 3.05) is 19.7 Å². The maximum absolute atomic E-state index is 12.9. The Morgan fingerprint density at radius 1 is 1.14 bits per heavy atom. The first-order valence-electron chi connectivity index (χ1n) is 7.55. The van der Waals surface area contributed by atoms with Crippen molar-refractivity contribution >= 4 is 10.0 Å². The van der Waals surface area contributed by atoms with Crippen LogP contribution in [0, 0.1) is 26.7 Å². The standard InChI is InChI=1S/C16H25NO3S/c1-12-10-13(2)16(14(3)11-12)21(19,20)17-7-4-15(5-8-17)6-9-18/h10-11,15,18H,4-9H2,1-3H3. The number of aliphatic hydroxyl groups excluding tert-OH is 1. The van der Waals surface area contributed by atoms with E-state index in [1.165, 1.54) is 0 Å². The fourth-order valence-corrected chi connectivity index (χ4v) is 5.20. The third kappa shape index (κ3) is 3.47. The summed E-state index contributed by atoms with van der Waals surface area (Å²) in [5.41, 5.74) is 2.74. The van der Waals surface area contributed by atoms with Crippen molar-refractivity contribution in [1.82, 2.24) is 4.31 Å². The molecular weight excluding hydrogens is 286 g/mol. The average Bonchev–Trinajstić information content (AvgIpc) is 2.38. The third-order valence-corrected chi connectivity index (χ3v) is 6.52. The van der Waals surface area contributed by atoms with Gasteiger partial charge in [0.25, 0.3) is 0 Å². The van der Waals surface area contributed by atoms with Gasteiger partial charge in [-0.25, -0.2) is 8.42 Å². The second-order valence-corrected chi connectivity index (χ2v) is 7.96. The molecule has 21 heavy (non-hydrogen) atoms. The highest BCUT2D eigenvalue weighted by molar-refractivity contribution is 7.89. The molecule has 5 heteroatoms. The van der Waals surface area contributed by atoms with Gasteiger partial charge >= 0.3 is 0 Å². The molecule has 0 saturated carbocycles. The molecule has 0 aromatic heterocycles. The summed E-state index contributed by atoms with van der Waals surface area (Å²) in [6.07, 6.45) is 2.45. The van der Waals surface area contributed by atoms with Crippen LogP contribution in [0.3, 0.4) is 0 Å². The van der Waals surface area contributed by atoms with Crippen molar-refractivity contribution in [3.05, 3.63) is 28.8 Å². The van der Waals surface area contributed by atoms with Gasteiger partial charge in [0, 0.05) is 19.7 Å². The third-order valence-electron chi connectivity index (χ3n) is 4.31. The Labute approximate surface area is 127 Å². The highest BCUT2D eigenvalue weighted by Crippen LogP contribution is 2.29. The van der Waals surface area contributed by atoms with Gasteiger partial charge < -0.3 is 5.11 Å². The maximum Gasteiger partial charge on any atom is 0.243 e. The van der Waals surface area contributed by atoms with Crippen LogP contribution in [0.5, 0.6) is 0 Å². The molecule has 0 atom stereocenters. The largest absolute Gasteiger partial charge is 0.396 e. The highest BCUT2D eigenvalue weighted by Gasteiger charge is 2.31. The summed E-state index contributed by atoms with van der Waals surface area (Å²) in [7, 11) is -3.41. The van der Waals surface area contributed by atoms with Crippen molar-refractivity contribution < 1.29 is 13.5 Å². The lowest BCUT2D eigenvalue weighted by molar-refractivity contribution is 0.208. The van der Waals surface area contributed by atoms with Gasteiger partial charge in [0.1, 0.15) is 0 Å². The van der Waals surface area contributed by atoms with Crippen LogP contribution in [0.15, 0.2) is 17.0 Å². The summed E-state index contributed by atoms with van der Waals surface area (Å²) in [4.78, 5) is 0.466. The van der Waals surface area contributed by atoms with E-state index >= 15 is 0 Å². The SMILES string of the molecule is Cc1cc(C)c(S(=O)(=O)N2CCC(CCO)CC2)c(C)c1. The van der Waals surface area contributed by atoms with E-state index in [0.29, 0.717) is 23.9 Å². The van der Waals surface area contributed by atoms with Crippen LogP contribution in [0.1, 0.15) is 36.0 Å². The molecule has 0 unspecified atom stereocenters. The Balaban J connectivity index is 2.24. The van der Waals surface area contributed by atoms with Crippen LogP contribution in [0.25, 0.3) is 0 Å². The highest BCUT2D eigenvalue weighted by atomic mass is 32.2. The van der Waals surface area contributed by atoms with E-state index in [4.69, 9.17) is 5.11 Å². The fourth-order valence-electron chi connectivity index (χ4n) is 3.32. The lowest BCUT2D eigenvalue weighted by atomic mass is 9.95. The van der Waals surface area contributed by atoms with Crippen molar-refractivity contribution in [3.8, 4) is 0 Å². The van der Waals surface area contributed by atoms with E-state index < -0.39 is 10.0 Å². The summed E-state index contributed by atoms with van der Waals surface area (Å²) in [6.45, 7) is 7.01. The van der Waals surface area contributed by atoms with Gasteiger partial charge in [0.15, 0.2) is 0 Å². The maximum atomic E-state index is 12.9. The molecule has 1 N–H and O–H groups in total. The summed E-state index contributed by atoms with van der Waals surface area (Å²) in [5.74, 6) is 0.446. The Morgan fingerprint density at radius 3 is 2.14 bits per heavy atom. The molecule has 1 heterocycles. The number of rotatable bonds is 4. The fraction of sp³-hybridized carbons (Fsp3) is 0.625. The molecule has 1 fully saturated rings. The van der Waals surface area contributed by atoms with E-state index in [-0.39, 0.29) is 6.61 Å². The van der Waals surface area contributed by atoms with Gasteiger partial charge in [-0.3, -0.25) is 0 Å². The Hall–Kier alpha value is -0.910. The first kappa shape index (κ1) is 16.5. The lowest BCUT2D eigenvalue weighted by Crippen LogP contribution is -2.39. The van der Waals surface area contributed by atoms with E-state index in [9.17, 15) is 8.42 Å². The van der Waals surface area contributed by atoms with Crippen LogP contribution >= 0.6 is 0 Å². The summed E-state index contributed by atoms with van der Waals surface area (Å²) < 4.78 is 27.4. The second-order valence-electron chi connectivity index (χ2n) is 6.09. The van der Waals surface area contributed by atoms with E-state index in [0.717, 1.165) is 36.0 Å². The summed E-state index contributed by atoms with van der Waals surface area (Å²) in [6, 6.07) is 3.86. The Kier molecular flexibility index (Phi) is 5.07. The minimum atomic E-state index is -3.41. The zero-order chi connectivity index (χ0) is 15.6. The monoisotopic (exact) mass is 311 g/mol. The molecule has 1 aromatic carbocycles. The van der Waals surface area contributed by atoms with Crippen molar-refractivity contribution in [2.24, 2.45) is 5.92 Å². The number of sulfonamides is 1. The number of hydrogen-bond donors (Lipinski definition) is 1. The smallest absolute Gasteiger partial charge is 0.243 e. The van der Waals surface area contributed by atoms with Crippen LogP contribution in [0.4, 0.5) is 0 Å². The normalized spacial score (nSPS) is 18.1. The van der Waals surface area contributed by atoms with Crippen molar-refractivity contribution in [2.45, 2.75) is 44.9 Å². The number of piperidine rings is 1. The van der Waals surface area contributed by atoms with E-state index in [2.05, 4.69) is 0 Å². The number of benzene rings is 1. The quantitative estimate of drug-likeness (QED) is 0.929. The van der Waals surface area contributed by atoms with Gasteiger partial charge in [-0.1, -0.05) is 17.7 Å². The zero-order valence-corrected chi connectivity index (χ0v) is 13.9. The lowest BCUT2D eigenvalue weighted by Gasteiger charge is -2.31. The van der Waals surface area contributed by atoms with Gasteiger partial charge in [-0.2, -0.15) is 4.31 Å². The summed E-state index contributed by atoms with van der Waals surface area (Å²) >= 11 is 0. The molecule has 0 bridgehead atoms. The summed E-state index contributed by atoms with van der Waals surface area (Å²) in [5, 5.41) is 8.99. The van der Waals surface area contributed by atoms with Gasteiger partial charge in [-0.05, 0) is 57.1 Å². The number of aliphatic hydroxyl groups is 1. The molecule has 4 nitrogen and oxygen atoms in total. The molecule has 0 radical (unpaired) electrons. The molecule has 0 aliphatic carbocycles. The molecule has 1 aliphatic heterocycles. The predicted octanol–water partition coefficient (Wildman–Crippen LogP) is 2.39. The number of aryl methyl sites for hydroxylation is 3. The molecule has 118 valence electrons. The van der Waals surface area contributed by atoms with Crippen LogP contribution in [-0.2, 0) is 10.0 Å². The molecule has 1 aromatic rings. The predicted molar refractivity (Wildman–Crippen MR) is 83.8 cm³/mol. The van der Waals surface area contributed by atoms with Crippen LogP contribution < -0.4 is 0 Å². The van der Waals surface area contributed by atoms with Gasteiger partial charge in [0.2, 0.25) is 10.0 Å². The van der Waals surface area contributed by atoms with Crippen molar-refractivity contribution in [1.29, 1.82) is 0 Å². The Bertz CT molecular complexity index is 579. The number of hydrogen-bond acceptors (Lipinski definition) is 3. The molecular formula is C16H25NO3S. The molecule has 1 saturated heterocycles. The Morgan fingerprint density at radius 2 is 1.67 bits per heavy atom. The first-order chi connectivity index (χ1) is 9.86. The molecule has 0 spiro atoms. The van der Waals surface area contributed by atoms with E-state index in [1.54, 1.807) is 4.31 Å². The minimum absolute atomic E-state index is 0.188. The van der Waals surface area contributed by atoms with Gasteiger partial charge in [-0.15, -0.1) is 0 Å². The zero-order valence-electron chi connectivity index (χ0n) is 13.1. The second kappa shape index (κ2) is 6.46. The minimum Gasteiger partial charge on any atom is -0.396 e. The molecule has 0 amide bonds. The molecule has 2 rings (SSSR count). The topological polar surface area (TPSA) is 57.6 Å². The average molecular weight is 311 g/mol. The van der Waals surface area contributed by atoms with Crippen LogP contribution in [0.2, 0.25) is 0 Å². The first-order valence-corrected chi connectivity index (χ1v) is 8.99. The molecule has 1 aliphatic rings. The van der Waals surface area contributed by atoms with Crippen LogP contribution in [-0.4, -0.2) is 37.5 Å². The van der Waals surface area contributed by atoms with Crippen molar-refractivity contribution in [3.63, 3.8) is 0 Å².